The summed E-state index contributed by atoms with van der Waals surface area (Å²) in [4.78, 5) is 15.2. The van der Waals surface area contributed by atoms with Gasteiger partial charge in [0.1, 0.15) is 0 Å². The van der Waals surface area contributed by atoms with E-state index in [1.165, 1.54) is 10.4 Å². The van der Waals surface area contributed by atoms with Crippen LogP contribution in [0, 0.1) is 0 Å². The van der Waals surface area contributed by atoms with E-state index in [0.29, 0.717) is 6.42 Å². The van der Waals surface area contributed by atoms with Crippen LogP contribution >= 0.6 is 11.3 Å². The second-order valence-electron chi connectivity index (χ2n) is 4.12. The lowest BCUT2D eigenvalue weighted by Crippen LogP contribution is -2.35. The number of hydrogen-bond donors (Lipinski definition) is 1. The van der Waals surface area contributed by atoms with Gasteiger partial charge in [0.15, 0.2) is 0 Å². The van der Waals surface area contributed by atoms with Crippen molar-refractivity contribution in [2.24, 2.45) is 0 Å². The average Bonchev–Trinajstić information content (AvgIpc) is 2.76. The van der Waals surface area contributed by atoms with Crippen LogP contribution in [0.1, 0.15) is 29.7 Å². The van der Waals surface area contributed by atoms with Gasteiger partial charge in [-0.2, -0.15) is 0 Å². The van der Waals surface area contributed by atoms with Crippen molar-refractivity contribution in [3.63, 3.8) is 0 Å². The van der Waals surface area contributed by atoms with E-state index in [1.54, 1.807) is 11.3 Å². The number of fused-ring (bicyclic) bond motifs is 1. The van der Waals surface area contributed by atoms with Crippen LogP contribution in [-0.2, 0) is 17.8 Å². The van der Waals surface area contributed by atoms with E-state index in [1.807, 2.05) is 4.90 Å². The molecule has 0 aliphatic carbocycles. The van der Waals surface area contributed by atoms with Crippen molar-refractivity contribution in [1.82, 2.24) is 4.90 Å². The van der Waals surface area contributed by atoms with Crippen molar-refractivity contribution in [3.8, 4) is 0 Å². The fraction of sp³-hybridized carbons (Fsp3) is 0.583. The van der Waals surface area contributed by atoms with Crippen LogP contribution in [0.25, 0.3) is 0 Å². The summed E-state index contributed by atoms with van der Waals surface area (Å²) in [6.07, 6.45) is 3.09. The third-order valence-electron chi connectivity index (χ3n) is 2.96. The second-order valence-corrected chi connectivity index (χ2v) is 5.12. The third-order valence-corrected chi connectivity index (χ3v) is 3.98. The molecule has 0 saturated carbocycles. The molecule has 1 aromatic rings. The van der Waals surface area contributed by atoms with Crippen LogP contribution in [0.15, 0.2) is 11.4 Å². The van der Waals surface area contributed by atoms with Gasteiger partial charge in [-0.1, -0.05) is 0 Å². The molecule has 1 aromatic heterocycles. The van der Waals surface area contributed by atoms with Crippen LogP contribution in [0.3, 0.4) is 0 Å². The van der Waals surface area contributed by atoms with Gasteiger partial charge in [0.2, 0.25) is 5.91 Å². The monoisotopic (exact) mass is 239 g/mol. The van der Waals surface area contributed by atoms with Gasteiger partial charge in [-0.05, 0) is 36.3 Å². The Morgan fingerprint density at radius 2 is 2.38 bits per heavy atom. The van der Waals surface area contributed by atoms with Crippen LogP contribution in [0.4, 0.5) is 0 Å². The number of unbranched alkanes of at least 4 members (excludes halogenated alkanes) is 1. The summed E-state index contributed by atoms with van der Waals surface area (Å²) >= 11 is 1.79. The number of amides is 1. The fourth-order valence-corrected chi connectivity index (χ4v) is 2.90. The molecule has 0 aromatic carbocycles. The normalized spacial score (nSPS) is 14.9. The molecule has 3 nitrogen and oxygen atoms in total. The lowest BCUT2D eigenvalue weighted by atomic mass is 10.1. The first-order valence-corrected chi connectivity index (χ1v) is 6.63. The summed E-state index contributed by atoms with van der Waals surface area (Å²) in [5.74, 6) is 0.227. The Bertz CT molecular complexity index is 362. The second kappa shape index (κ2) is 5.46. The summed E-state index contributed by atoms with van der Waals surface area (Å²) < 4.78 is 0. The molecule has 0 atom stereocenters. The molecule has 2 rings (SSSR count). The standard InChI is InChI=1S/C12H17NO2S/c14-7-2-1-3-12(15)13-6-4-11-10(9-13)5-8-16-11/h5,8,14H,1-4,6-7,9H2. The van der Waals surface area contributed by atoms with Crippen LogP contribution < -0.4 is 0 Å². The van der Waals surface area contributed by atoms with E-state index in [4.69, 9.17) is 5.11 Å². The van der Waals surface area contributed by atoms with Gasteiger partial charge in [0.25, 0.3) is 0 Å². The first kappa shape index (κ1) is 11.6. The summed E-state index contributed by atoms with van der Waals surface area (Å²) in [6.45, 7) is 1.81. The molecule has 1 amide bonds. The minimum absolute atomic E-state index is 0.182. The summed E-state index contributed by atoms with van der Waals surface area (Å²) in [5, 5.41) is 10.8. The Morgan fingerprint density at radius 1 is 1.50 bits per heavy atom. The highest BCUT2D eigenvalue weighted by Crippen LogP contribution is 2.24. The SMILES string of the molecule is O=C(CCCCO)N1CCc2sccc2C1. The van der Waals surface area contributed by atoms with Gasteiger partial charge in [-0.25, -0.2) is 0 Å². The van der Waals surface area contributed by atoms with Gasteiger partial charge in [0, 0.05) is 31.0 Å². The number of aliphatic hydroxyl groups is 1. The zero-order valence-electron chi connectivity index (χ0n) is 9.32. The van der Waals surface area contributed by atoms with Gasteiger partial charge in [0.05, 0.1) is 0 Å². The highest BCUT2D eigenvalue weighted by molar-refractivity contribution is 7.10. The van der Waals surface area contributed by atoms with Crippen molar-refractivity contribution >= 4 is 17.2 Å². The molecule has 0 radical (unpaired) electrons. The largest absolute Gasteiger partial charge is 0.396 e. The van der Waals surface area contributed by atoms with E-state index in [9.17, 15) is 4.79 Å². The number of hydrogen-bond acceptors (Lipinski definition) is 3. The molecule has 2 heterocycles. The zero-order valence-corrected chi connectivity index (χ0v) is 10.1. The van der Waals surface area contributed by atoms with Crippen LogP contribution in [0.5, 0.6) is 0 Å². The Balaban J connectivity index is 1.86. The number of nitrogens with zero attached hydrogens (tertiary/aromatic N) is 1. The predicted octanol–water partition coefficient (Wildman–Crippen LogP) is 1.80. The highest BCUT2D eigenvalue weighted by atomic mass is 32.1. The van der Waals surface area contributed by atoms with Crippen LogP contribution in [0.2, 0.25) is 0 Å². The van der Waals surface area contributed by atoms with Crippen molar-refractivity contribution in [3.05, 3.63) is 21.9 Å². The highest BCUT2D eigenvalue weighted by Gasteiger charge is 2.20. The molecular weight excluding hydrogens is 222 g/mol. The molecule has 1 aliphatic heterocycles. The zero-order chi connectivity index (χ0) is 11.4. The van der Waals surface area contributed by atoms with Gasteiger partial charge >= 0.3 is 0 Å². The Labute approximate surface area is 99.7 Å². The Hall–Kier alpha value is -0.870. The molecule has 88 valence electrons. The average molecular weight is 239 g/mol. The number of carbonyl (C=O) groups is 1. The summed E-state index contributed by atoms with van der Waals surface area (Å²) in [7, 11) is 0. The molecule has 0 bridgehead atoms. The van der Waals surface area contributed by atoms with Crippen LogP contribution in [-0.4, -0.2) is 29.1 Å². The van der Waals surface area contributed by atoms with E-state index >= 15 is 0 Å². The third kappa shape index (κ3) is 2.62. The molecule has 16 heavy (non-hydrogen) atoms. The van der Waals surface area contributed by atoms with Crippen molar-refractivity contribution < 1.29 is 9.90 Å². The van der Waals surface area contributed by atoms with Gasteiger partial charge < -0.3 is 10.0 Å². The van der Waals surface area contributed by atoms with Crippen molar-refractivity contribution in [1.29, 1.82) is 0 Å². The molecule has 1 aliphatic rings. The molecule has 0 fully saturated rings. The lowest BCUT2D eigenvalue weighted by molar-refractivity contribution is -0.132. The smallest absolute Gasteiger partial charge is 0.222 e. The van der Waals surface area contributed by atoms with E-state index in [-0.39, 0.29) is 12.5 Å². The number of aliphatic hydroxyl groups excluding tert-OH is 1. The predicted molar refractivity (Wildman–Crippen MR) is 64.4 cm³/mol. The summed E-state index contributed by atoms with van der Waals surface area (Å²) in [5.41, 5.74) is 1.31. The van der Waals surface area contributed by atoms with E-state index in [0.717, 1.165) is 32.4 Å². The van der Waals surface area contributed by atoms with Gasteiger partial charge in [-0.3, -0.25) is 4.79 Å². The minimum Gasteiger partial charge on any atom is -0.396 e. The summed E-state index contributed by atoms with van der Waals surface area (Å²) in [6, 6.07) is 2.12. The minimum atomic E-state index is 0.182. The fourth-order valence-electron chi connectivity index (χ4n) is 2.01. The molecule has 0 spiro atoms. The maximum absolute atomic E-state index is 11.9. The molecule has 1 N–H and O–H groups in total. The quantitative estimate of drug-likeness (QED) is 0.814. The number of thiophene rings is 1. The number of carbonyl (C=O) groups excluding carboxylic acids is 1. The Morgan fingerprint density at radius 3 is 3.19 bits per heavy atom. The van der Waals surface area contributed by atoms with E-state index < -0.39 is 0 Å². The molecule has 0 unspecified atom stereocenters. The lowest BCUT2D eigenvalue weighted by Gasteiger charge is -2.27. The first-order chi connectivity index (χ1) is 7.81. The molecule has 4 heteroatoms. The Kier molecular flexibility index (Phi) is 3.96. The van der Waals surface area contributed by atoms with E-state index in [2.05, 4.69) is 11.4 Å². The topological polar surface area (TPSA) is 40.5 Å². The maximum atomic E-state index is 11.9. The van der Waals surface area contributed by atoms with Gasteiger partial charge in [-0.15, -0.1) is 11.3 Å². The number of rotatable bonds is 4. The first-order valence-electron chi connectivity index (χ1n) is 5.75. The molecular formula is C12H17NO2S. The van der Waals surface area contributed by atoms with Crippen molar-refractivity contribution in [2.45, 2.75) is 32.2 Å². The maximum Gasteiger partial charge on any atom is 0.222 e. The van der Waals surface area contributed by atoms with Crippen molar-refractivity contribution in [2.75, 3.05) is 13.2 Å². The molecule has 0 saturated heterocycles.